The van der Waals surface area contributed by atoms with Gasteiger partial charge in [-0.1, -0.05) is 6.58 Å². The highest BCUT2D eigenvalue weighted by Crippen LogP contribution is 2.18. The number of amides is 1. The van der Waals surface area contributed by atoms with Crippen LogP contribution < -0.4 is 5.32 Å². The standard InChI is InChI=1S/C9H15FN2O/c1-3-9(13)12-5-4-7(11-2)8(12)6-10/h3,7-8,11H,1,4-6H2,2H3. The van der Waals surface area contributed by atoms with E-state index in [1.165, 1.54) is 11.0 Å². The maximum Gasteiger partial charge on any atom is 0.246 e. The second kappa shape index (κ2) is 4.37. The Morgan fingerprint density at radius 2 is 2.54 bits per heavy atom. The van der Waals surface area contributed by atoms with Gasteiger partial charge in [-0.2, -0.15) is 0 Å². The smallest absolute Gasteiger partial charge is 0.246 e. The van der Waals surface area contributed by atoms with Gasteiger partial charge in [0.1, 0.15) is 6.67 Å². The van der Waals surface area contributed by atoms with Crippen LogP contribution in [0.3, 0.4) is 0 Å². The lowest BCUT2D eigenvalue weighted by Crippen LogP contribution is -2.44. The first-order valence-electron chi connectivity index (χ1n) is 4.40. The highest BCUT2D eigenvalue weighted by Gasteiger charge is 2.34. The fourth-order valence-electron chi connectivity index (χ4n) is 1.77. The molecule has 1 fully saturated rings. The molecule has 1 saturated heterocycles. The Kier molecular flexibility index (Phi) is 3.42. The zero-order valence-corrected chi connectivity index (χ0v) is 7.79. The second-order valence-corrected chi connectivity index (χ2v) is 3.14. The molecule has 1 N–H and O–H groups in total. The van der Waals surface area contributed by atoms with E-state index in [0.29, 0.717) is 6.54 Å². The number of hydrogen-bond acceptors (Lipinski definition) is 2. The van der Waals surface area contributed by atoms with E-state index >= 15 is 0 Å². The van der Waals surface area contributed by atoms with Crippen molar-refractivity contribution in [1.29, 1.82) is 0 Å². The molecule has 1 rings (SSSR count). The van der Waals surface area contributed by atoms with Crippen molar-refractivity contribution in [1.82, 2.24) is 10.2 Å². The minimum absolute atomic E-state index is 0.0777. The minimum atomic E-state index is -0.495. The molecule has 0 saturated carbocycles. The Balaban J connectivity index is 2.67. The van der Waals surface area contributed by atoms with Crippen LogP contribution in [0.4, 0.5) is 4.39 Å². The zero-order chi connectivity index (χ0) is 9.84. The summed E-state index contributed by atoms with van der Waals surface area (Å²) in [7, 11) is 1.79. The van der Waals surface area contributed by atoms with Crippen LogP contribution in [-0.4, -0.2) is 43.2 Å². The Bertz CT molecular complexity index is 208. The van der Waals surface area contributed by atoms with Crippen LogP contribution in [0.1, 0.15) is 6.42 Å². The third-order valence-electron chi connectivity index (χ3n) is 2.53. The summed E-state index contributed by atoms with van der Waals surface area (Å²) in [6.07, 6.45) is 2.05. The van der Waals surface area contributed by atoms with E-state index in [-0.39, 0.29) is 18.0 Å². The van der Waals surface area contributed by atoms with Gasteiger partial charge in [-0.3, -0.25) is 4.79 Å². The van der Waals surface area contributed by atoms with E-state index in [2.05, 4.69) is 11.9 Å². The summed E-state index contributed by atoms with van der Waals surface area (Å²) < 4.78 is 12.6. The van der Waals surface area contributed by atoms with E-state index in [0.717, 1.165) is 6.42 Å². The number of nitrogens with one attached hydrogen (secondary N) is 1. The predicted octanol–water partition coefficient (Wildman–Crippen LogP) is 0.331. The highest BCUT2D eigenvalue weighted by atomic mass is 19.1. The largest absolute Gasteiger partial charge is 0.332 e. The Hall–Kier alpha value is -0.900. The van der Waals surface area contributed by atoms with E-state index in [4.69, 9.17) is 0 Å². The summed E-state index contributed by atoms with van der Waals surface area (Å²) in [6, 6.07) is -0.246. The van der Waals surface area contributed by atoms with Crippen LogP contribution in [0.25, 0.3) is 0 Å². The van der Waals surface area contributed by atoms with Gasteiger partial charge in [-0.05, 0) is 19.5 Å². The molecule has 1 heterocycles. The molecule has 0 aromatic carbocycles. The Morgan fingerprint density at radius 3 is 3.00 bits per heavy atom. The molecule has 0 spiro atoms. The number of halogens is 1. The Labute approximate surface area is 77.6 Å². The molecule has 0 aromatic heterocycles. The SMILES string of the molecule is C=CC(=O)N1CCC(NC)C1CF. The van der Waals surface area contributed by atoms with Gasteiger partial charge in [0.05, 0.1) is 6.04 Å². The maximum atomic E-state index is 12.6. The zero-order valence-electron chi connectivity index (χ0n) is 7.79. The van der Waals surface area contributed by atoms with Gasteiger partial charge in [0.25, 0.3) is 0 Å². The maximum absolute atomic E-state index is 12.6. The summed E-state index contributed by atoms with van der Waals surface area (Å²) in [5.74, 6) is -0.180. The number of alkyl halides is 1. The van der Waals surface area contributed by atoms with Crippen molar-refractivity contribution < 1.29 is 9.18 Å². The fraction of sp³-hybridized carbons (Fsp3) is 0.667. The topological polar surface area (TPSA) is 32.3 Å². The van der Waals surface area contributed by atoms with E-state index in [1.807, 2.05) is 0 Å². The number of likely N-dealkylation sites (tertiary alicyclic amines) is 1. The van der Waals surface area contributed by atoms with Gasteiger partial charge < -0.3 is 10.2 Å². The fourth-order valence-corrected chi connectivity index (χ4v) is 1.77. The lowest BCUT2D eigenvalue weighted by Gasteiger charge is -2.24. The first-order valence-corrected chi connectivity index (χ1v) is 4.40. The summed E-state index contributed by atoms with van der Waals surface area (Å²) in [5.41, 5.74) is 0. The summed E-state index contributed by atoms with van der Waals surface area (Å²) in [5, 5.41) is 3.01. The van der Waals surface area contributed by atoms with Crippen LogP contribution in [0.5, 0.6) is 0 Å². The number of rotatable bonds is 3. The molecule has 0 bridgehead atoms. The summed E-state index contributed by atoms with van der Waals surface area (Å²) in [6.45, 7) is 3.51. The van der Waals surface area contributed by atoms with Crippen LogP contribution in [0.2, 0.25) is 0 Å². The average molecular weight is 186 g/mol. The molecule has 13 heavy (non-hydrogen) atoms. The molecule has 0 radical (unpaired) electrons. The van der Waals surface area contributed by atoms with Gasteiger partial charge in [-0.25, -0.2) is 4.39 Å². The normalized spacial score (nSPS) is 27.7. The van der Waals surface area contributed by atoms with Crippen LogP contribution in [0, 0.1) is 0 Å². The van der Waals surface area contributed by atoms with E-state index in [9.17, 15) is 9.18 Å². The van der Waals surface area contributed by atoms with Gasteiger partial charge in [-0.15, -0.1) is 0 Å². The highest BCUT2D eigenvalue weighted by molar-refractivity contribution is 5.87. The van der Waals surface area contributed by atoms with Gasteiger partial charge in [0.15, 0.2) is 0 Å². The van der Waals surface area contributed by atoms with Crippen molar-refractivity contribution in [3.8, 4) is 0 Å². The second-order valence-electron chi connectivity index (χ2n) is 3.14. The monoisotopic (exact) mass is 186 g/mol. The molecule has 1 amide bonds. The minimum Gasteiger partial charge on any atom is -0.332 e. The van der Waals surface area contributed by atoms with Crippen molar-refractivity contribution in [2.45, 2.75) is 18.5 Å². The first-order chi connectivity index (χ1) is 6.24. The molecule has 2 atom stereocenters. The molecule has 74 valence electrons. The first kappa shape index (κ1) is 10.2. The average Bonchev–Trinajstić information content (AvgIpc) is 2.58. The van der Waals surface area contributed by atoms with Gasteiger partial charge in [0, 0.05) is 12.6 Å². The lowest BCUT2D eigenvalue weighted by atomic mass is 10.1. The molecular weight excluding hydrogens is 171 g/mol. The third-order valence-corrected chi connectivity index (χ3v) is 2.53. The molecule has 2 unspecified atom stereocenters. The predicted molar refractivity (Wildman–Crippen MR) is 49.1 cm³/mol. The number of hydrogen-bond donors (Lipinski definition) is 1. The lowest BCUT2D eigenvalue weighted by molar-refractivity contribution is -0.127. The van der Waals surface area contributed by atoms with Crippen LogP contribution >= 0.6 is 0 Å². The molecule has 1 aliphatic heterocycles. The van der Waals surface area contributed by atoms with Crippen molar-refractivity contribution in [2.24, 2.45) is 0 Å². The van der Waals surface area contributed by atoms with Crippen molar-refractivity contribution in [3.63, 3.8) is 0 Å². The molecule has 4 heteroatoms. The summed E-state index contributed by atoms with van der Waals surface area (Å²) in [4.78, 5) is 12.8. The van der Waals surface area contributed by atoms with Gasteiger partial charge in [0.2, 0.25) is 5.91 Å². The number of likely N-dealkylation sites (N-methyl/N-ethyl adjacent to an activating group) is 1. The van der Waals surface area contributed by atoms with Crippen molar-refractivity contribution in [3.05, 3.63) is 12.7 Å². The number of carbonyl (C=O) groups is 1. The summed E-state index contributed by atoms with van der Waals surface area (Å²) >= 11 is 0. The van der Waals surface area contributed by atoms with E-state index < -0.39 is 6.67 Å². The van der Waals surface area contributed by atoms with E-state index in [1.54, 1.807) is 7.05 Å². The van der Waals surface area contributed by atoms with Gasteiger partial charge >= 0.3 is 0 Å². The molecule has 3 nitrogen and oxygen atoms in total. The number of nitrogens with zero attached hydrogens (tertiary/aromatic N) is 1. The molecule has 1 aliphatic rings. The van der Waals surface area contributed by atoms with Crippen molar-refractivity contribution >= 4 is 5.91 Å². The van der Waals surface area contributed by atoms with Crippen LogP contribution in [-0.2, 0) is 4.79 Å². The van der Waals surface area contributed by atoms with Crippen LogP contribution in [0.15, 0.2) is 12.7 Å². The molecule has 0 aromatic rings. The quantitative estimate of drug-likeness (QED) is 0.644. The molecule has 0 aliphatic carbocycles. The van der Waals surface area contributed by atoms with Crippen molar-refractivity contribution in [2.75, 3.05) is 20.3 Å². The third kappa shape index (κ3) is 1.88. The number of carbonyl (C=O) groups excluding carboxylic acids is 1. The Morgan fingerprint density at radius 1 is 1.85 bits per heavy atom. The molecular formula is C9H15FN2O.